The fourth-order valence-electron chi connectivity index (χ4n) is 4.30. The number of hydrogen-bond acceptors (Lipinski definition) is 8. The molecule has 160 valence electrons. The average Bonchev–Trinajstić information content (AvgIpc) is 3.37. The molecule has 0 bridgehead atoms. The summed E-state index contributed by atoms with van der Waals surface area (Å²) in [5.41, 5.74) is 4.92. The molecule has 2 saturated heterocycles. The van der Waals surface area contributed by atoms with Gasteiger partial charge in [0.25, 0.3) is 0 Å². The van der Waals surface area contributed by atoms with Gasteiger partial charge in [-0.3, -0.25) is 0 Å². The van der Waals surface area contributed by atoms with Crippen molar-refractivity contribution in [1.29, 1.82) is 0 Å². The second-order valence-electron chi connectivity index (χ2n) is 8.06. The van der Waals surface area contributed by atoms with Gasteiger partial charge in [-0.1, -0.05) is 0 Å². The molecule has 0 radical (unpaired) electrons. The molecular formula is C21H27N5O2S2. The SMILES string of the molecule is Cc1cc(-c2nsc3c(CS)cc(N4CCOC[C@H]4C)nc23)n(C2CCCCO2)n1. The maximum Gasteiger partial charge on any atom is 0.150 e. The molecule has 2 aliphatic rings. The van der Waals surface area contributed by atoms with Crippen LogP contribution in [-0.4, -0.2) is 51.5 Å². The topological polar surface area (TPSA) is 65.3 Å². The van der Waals surface area contributed by atoms with Crippen LogP contribution in [0.25, 0.3) is 21.6 Å². The lowest BCUT2D eigenvalue weighted by molar-refractivity contribution is -0.0385. The molecule has 5 heterocycles. The molecule has 3 aromatic heterocycles. The van der Waals surface area contributed by atoms with Crippen molar-refractivity contribution in [2.75, 3.05) is 31.3 Å². The van der Waals surface area contributed by atoms with E-state index in [0.29, 0.717) is 5.75 Å². The van der Waals surface area contributed by atoms with Gasteiger partial charge in [0, 0.05) is 18.9 Å². The maximum absolute atomic E-state index is 6.03. The van der Waals surface area contributed by atoms with Gasteiger partial charge in [-0.2, -0.15) is 22.1 Å². The normalized spacial score (nSPS) is 22.7. The second-order valence-corrected chi connectivity index (χ2v) is 9.15. The van der Waals surface area contributed by atoms with Gasteiger partial charge in [-0.15, -0.1) is 0 Å². The highest BCUT2D eigenvalue weighted by molar-refractivity contribution is 7.79. The Balaban J connectivity index is 1.63. The number of aromatic nitrogens is 4. The second kappa shape index (κ2) is 8.45. The fraction of sp³-hybridized carbons (Fsp3) is 0.571. The number of aryl methyl sites for hydroxylation is 1. The predicted molar refractivity (Wildman–Crippen MR) is 123 cm³/mol. The Hall–Kier alpha value is -1.68. The van der Waals surface area contributed by atoms with Crippen molar-refractivity contribution in [2.45, 2.75) is 51.1 Å². The van der Waals surface area contributed by atoms with E-state index in [4.69, 9.17) is 23.9 Å². The van der Waals surface area contributed by atoms with Crippen LogP contribution in [0, 0.1) is 6.92 Å². The molecule has 0 aliphatic carbocycles. The third kappa shape index (κ3) is 3.62. The number of morpholine rings is 1. The lowest BCUT2D eigenvalue weighted by Gasteiger charge is -2.34. The highest BCUT2D eigenvalue weighted by atomic mass is 32.1. The van der Waals surface area contributed by atoms with Gasteiger partial charge in [0.15, 0.2) is 6.23 Å². The van der Waals surface area contributed by atoms with E-state index in [2.05, 4.69) is 36.6 Å². The molecule has 0 N–H and O–H groups in total. The number of pyridine rings is 1. The van der Waals surface area contributed by atoms with Gasteiger partial charge in [-0.25, -0.2) is 9.67 Å². The number of anilines is 1. The van der Waals surface area contributed by atoms with Crippen molar-refractivity contribution in [1.82, 2.24) is 19.1 Å². The third-order valence-corrected chi connectivity index (χ3v) is 7.10. The summed E-state index contributed by atoms with van der Waals surface area (Å²) in [6, 6.07) is 4.54. The lowest BCUT2D eigenvalue weighted by atomic mass is 10.1. The molecular weight excluding hydrogens is 418 g/mol. The van der Waals surface area contributed by atoms with E-state index in [0.717, 1.165) is 84.3 Å². The molecule has 2 fully saturated rings. The first-order valence-electron chi connectivity index (χ1n) is 10.6. The number of hydrogen-bond donors (Lipinski definition) is 1. The zero-order chi connectivity index (χ0) is 20.7. The summed E-state index contributed by atoms with van der Waals surface area (Å²) in [7, 11) is 0. The summed E-state index contributed by atoms with van der Waals surface area (Å²) >= 11 is 6.09. The highest BCUT2D eigenvalue weighted by Gasteiger charge is 2.26. The van der Waals surface area contributed by atoms with Crippen molar-refractivity contribution in [3.63, 3.8) is 0 Å². The summed E-state index contributed by atoms with van der Waals surface area (Å²) < 4.78 is 19.6. The Morgan fingerprint density at radius 2 is 2.17 bits per heavy atom. The maximum atomic E-state index is 6.03. The van der Waals surface area contributed by atoms with Crippen LogP contribution in [0.1, 0.15) is 43.7 Å². The minimum absolute atomic E-state index is 0.0361. The van der Waals surface area contributed by atoms with Crippen molar-refractivity contribution < 1.29 is 9.47 Å². The van der Waals surface area contributed by atoms with Crippen LogP contribution in [0.3, 0.4) is 0 Å². The van der Waals surface area contributed by atoms with Crippen LogP contribution >= 0.6 is 24.2 Å². The van der Waals surface area contributed by atoms with Gasteiger partial charge in [0.05, 0.1) is 35.3 Å². The molecule has 5 rings (SSSR count). The van der Waals surface area contributed by atoms with Crippen LogP contribution in [0.2, 0.25) is 0 Å². The van der Waals surface area contributed by atoms with Crippen molar-refractivity contribution in [3.05, 3.63) is 23.4 Å². The quantitative estimate of drug-likeness (QED) is 0.607. The number of fused-ring (bicyclic) bond motifs is 1. The Morgan fingerprint density at radius 3 is 2.93 bits per heavy atom. The number of thiol groups is 1. The van der Waals surface area contributed by atoms with Crippen molar-refractivity contribution in [2.24, 2.45) is 0 Å². The van der Waals surface area contributed by atoms with Crippen LogP contribution in [0.4, 0.5) is 5.82 Å². The first kappa shape index (κ1) is 20.2. The minimum atomic E-state index is -0.0361. The summed E-state index contributed by atoms with van der Waals surface area (Å²) in [4.78, 5) is 7.42. The molecule has 30 heavy (non-hydrogen) atoms. The molecule has 0 saturated carbocycles. The molecule has 7 nitrogen and oxygen atoms in total. The Kier molecular flexibility index (Phi) is 5.70. The highest BCUT2D eigenvalue weighted by Crippen LogP contribution is 2.37. The zero-order valence-electron chi connectivity index (χ0n) is 17.4. The van der Waals surface area contributed by atoms with E-state index in [1.807, 2.05) is 11.6 Å². The molecule has 0 amide bonds. The van der Waals surface area contributed by atoms with Crippen LogP contribution < -0.4 is 4.90 Å². The Labute approximate surface area is 186 Å². The Morgan fingerprint density at radius 1 is 1.27 bits per heavy atom. The minimum Gasteiger partial charge on any atom is -0.377 e. The number of rotatable bonds is 4. The molecule has 3 aromatic rings. The smallest absolute Gasteiger partial charge is 0.150 e. The molecule has 0 aromatic carbocycles. The lowest BCUT2D eigenvalue weighted by Crippen LogP contribution is -2.44. The van der Waals surface area contributed by atoms with E-state index < -0.39 is 0 Å². The zero-order valence-corrected chi connectivity index (χ0v) is 19.1. The van der Waals surface area contributed by atoms with E-state index in [9.17, 15) is 0 Å². The van der Waals surface area contributed by atoms with Crippen LogP contribution in [0.5, 0.6) is 0 Å². The van der Waals surface area contributed by atoms with Gasteiger partial charge >= 0.3 is 0 Å². The standard InChI is InChI=1S/C21H27N5O2S2/c1-13-9-16(26(23-13)18-5-3-4-7-28-18)19-20-21(30-24-19)15(12-29)10-17(22-20)25-6-8-27-11-14(25)2/h9-10,14,18,29H,3-8,11-12H2,1-2H3/t14-,18?/m1/s1. The first-order chi connectivity index (χ1) is 14.7. The Bertz CT molecular complexity index is 1040. The van der Waals surface area contributed by atoms with E-state index in [1.54, 1.807) is 0 Å². The average molecular weight is 446 g/mol. The summed E-state index contributed by atoms with van der Waals surface area (Å²) in [5.74, 6) is 1.62. The molecule has 0 spiro atoms. The van der Waals surface area contributed by atoms with Gasteiger partial charge < -0.3 is 14.4 Å². The summed E-state index contributed by atoms with van der Waals surface area (Å²) in [6.45, 7) is 7.25. The van der Waals surface area contributed by atoms with Gasteiger partial charge in [-0.05, 0) is 62.3 Å². The largest absolute Gasteiger partial charge is 0.377 e. The van der Waals surface area contributed by atoms with Crippen molar-refractivity contribution in [3.8, 4) is 11.4 Å². The molecule has 2 atom stereocenters. The summed E-state index contributed by atoms with van der Waals surface area (Å²) in [6.07, 6.45) is 3.20. The monoisotopic (exact) mass is 445 g/mol. The molecule has 9 heteroatoms. The molecule has 2 aliphatic heterocycles. The summed E-state index contributed by atoms with van der Waals surface area (Å²) in [5, 5.41) is 4.75. The number of ether oxygens (including phenoxy) is 2. The predicted octanol–water partition coefficient (Wildman–Crippen LogP) is 4.22. The van der Waals surface area contributed by atoms with Crippen molar-refractivity contribution >= 4 is 40.2 Å². The fourth-order valence-corrected chi connectivity index (χ4v) is 5.49. The van der Waals surface area contributed by atoms with Gasteiger partial charge in [0.1, 0.15) is 17.0 Å². The first-order valence-corrected chi connectivity index (χ1v) is 12.0. The van der Waals surface area contributed by atoms with E-state index >= 15 is 0 Å². The van der Waals surface area contributed by atoms with Crippen LogP contribution in [-0.2, 0) is 15.2 Å². The van der Waals surface area contributed by atoms with E-state index in [1.165, 1.54) is 11.5 Å². The molecule has 1 unspecified atom stereocenters. The third-order valence-electron chi connectivity index (χ3n) is 5.85. The number of nitrogens with zero attached hydrogens (tertiary/aromatic N) is 5. The van der Waals surface area contributed by atoms with Gasteiger partial charge in [0.2, 0.25) is 0 Å². The van der Waals surface area contributed by atoms with E-state index in [-0.39, 0.29) is 12.3 Å². The van der Waals surface area contributed by atoms with Crippen LogP contribution in [0.15, 0.2) is 12.1 Å².